The molecule has 0 aliphatic carbocycles. The highest BCUT2D eigenvalue weighted by Crippen LogP contribution is 2.26. The molecule has 1 aromatic carbocycles. The molecule has 0 saturated heterocycles. The number of benzene rings is 1. The first-order chi connectivity index (χ1) is 9.08. The lowest BCUT2D eigenvalue weighted by Crippen LogP contribution is -2.27. The lowest BCUT2D eigenvalue weighted by Gasteiger charge is -2.17. The van der Waals surface area contributed by atoms with Crippen LogP contribution in [0.1, 0.15) is 22.0 Å². The Labute approximate surface area is 109 Å². The number of fused-ring (bicyclic) bond motifs is 1. The number of H-pyrrole nitrogens is 1. The fourth-order valence-corrected chi connectivity index (χ4v) is 1.99. The molecule has 2 rings (SSSR count). The topological polar surface area (TPSA) is 109 Å². The normalized spacial score (nSPS) is 14.3. The van der Waals surface area contributed by atoms with Crippen molar-refractivity contribution >= 4 is 16.9 Å². The highest BCUT2D eigenvalue weighted by molar-refractivity contribution is 6.04. The van der Waals surface area contributed by atoms with Crippen molar-refractivity contribution in [3.05, 3.63) is 35.5 Å². The van der Waals surface area contributed by atoms with Gasteiger partial charge < -0.3 is 25.7 Å². The highest BCUT2D eigenvalue weighted by atomic mass is 16.5. The monoisotopic (exact) mass is 264 g/mol. The minimum absolute atomic E-state index is 0.0719. The van der Waals surface area contributed by atoms with Crippen LogP contribution in [0.2, 0.25) is 0 Å². The number of nitrogens with two attached hydrogens (primary N) is 1. The predicted octanol–water partition coefficient (Wildman–Crippen LogP) is 0.307. The number of carbonyl (C=O) groups is 1. The quantitative estimate of drug-likeness (QED) is 0.594. The van der Waals surface area contributed by atoms with Crippen LogP contribution in [-0.4, -0.2) is 40.9 Å². The lowest BCUT2D eigenvalue weighted by molar-refractivity contribution is 0.0243. The molecule has 0 amide bonds. The molecular weight excluding hydrogens is 248 g/mol. The number of esters is 1. The van der Waals surface area contributed by atoms with Crippen molar-refractivity contribution in [2.75, 3.05) is 13.7 Å². The van der Waals surface area contributed by atoms with E-state index in [1.54, 1.807) is 18.3 Å². The summed E-state index contributed by atoms with van der Waals surface area (Å²) in [6.07, 6.45) is -0.550. The average molecular weight is 264 g/mol. The second kappa shape index (κ2) is 5.40. The molecule has 6 heteroatoms. The van der Waals surface area contributed by atoms with E-state index in [0.717, 1.165) is 0 Å². The summed E-state index contributed by atoms with van der Waals surface area (Å²) in [6, 6.07) is 4.92. The maximum Gasteiger partial charge on any atom is 0.338 e. The molecule has 2 aromatic rings. The summed E-state index contributed by atoms with van der Waals surface area (Å²) in [5, 5.41) is 20.3. The van der Waals surface area contributed by atoms with Gasteiger partial charge in [-0.2, -0.15) is 0 Å². The molecule has 0 fully saturated rings. The number of carbonyl (C=O) groups excluding carboxylic acids is 1. The number of hydrogen-bond donors (Lipinski definition) is 4. The molecule has 6 nitrogen and oxygen atoms in total. The smallest absolute Gasteiger partial charge is 0.338 e. The summed E-state index contributed by atoms with van der Waals surface area (Å²) >= 11 is 0. The minimum Gasteiger partial charge on any atom is -0.465 e. The van der Waals surface area contributed by atoms with E-state index in [2.05, 4.69) is 4.98 Å². The molecule has 0 bridgehead atoms. The summed E-state index contributed by atoms with van der Waals surface area (Å²) in [6.45, 7) is -0.0719. The van der Waals surface area contributed by atoms with Gasteiger partial charge in [-0.05, 0) is 23.8 Å². The van der Waals surface area contributed by atoms with Gasteiger partial charge in [0.1, 0.15) is 6.10 Å². The summed E-state index contributed by atoms with van der Waals surface area (Å²) in [4.78, 5) is 14.7. The number of aliphatic hydroxyl groups excluding tert-OH is 2. The number of aliphatic hydroxyl groups is 2. The molecule has 0 saturated carbocycles. The van der Waals surface area contributed by atoms with Crippen molar-refractivity contribution in [3.63, 3.8) is 0 Å². The van der Waals surface area contributed by atoms with Gasteiger partial charge in [-0.15, -0.1) is 0 Å². The molecule has 0 aliphatic heterocycles. The predicted molar refractivity (Wildman–Crippen MR) is 69.7 cm³/mol. The highest BCUT2D eigenvalue weighted by Gasteiger charge is 2.21. The van der Waals surface area contributed by atoms with Crippen molar-refractivity contribution in [2.45, 2.75) is 12.2 Å². The Balaban J connectivity index is 2.54. The van der Waals surface area contributed by atoms with E-state index in [0.29, 0.717) is 22.0 Å². The fraction of sp³-hybridized carbons (Fsp3) is 0.308. The SMILES string of the molecule is COC(=O)c1cc(C(O)C(O)CN)cc2[nH]ccc12. The molecule has 19 heavy (non-hydrogen) atoms. The number of rotatable bonds is 4. The maximum absolute atomic E-state index is 11.7. The summed E-state index contributed by atoms with van der Waals surface area (Å²) in [7, 11) is 1.29. The first-order valence-corrected chi connectivity index (χ1v) is 5.84. The molecule has 0 radical (unpaired) electrons. The first-order valence-electron chi connectivity index (χ1n) is 5.84. The molecule has 0 aliphatic rings. The van der Waals surface area contributed by atoms with Gasteiger partial charge in [0, 0.05) is 23.6 Å². The van der Waals surface area contributed by atoms with E-state index < -0.39 is 18.2 Å². The summed E-state index contributed by atoms with van der Waals surface area (Å²) < 4.78 is 4.71. The van der Waals surface area contributed by atoms with Crippen LogP contribution in [0.15, 0.2) is 24.4 Å². The molecule has 1 heterocycles. The van der Waals surface area contributed by atoms with Gasteiger partial charge in [-0.1, -0.05) is 0 Å². The summed E-state index contributed by atoms with van der Waals surface area (Å²) in [5.74, 6) is -0.499. The molecule has 0 spiro atoms. The van der Waals surface area contributed by atoms with Gasteiger partial charge in [0.25, 0.3) is 0 Å². The Morgan fingerprint density at radius 3 is 2.84 bits per heavy atom. The Hall–Kier alpha value is -1.89. The van der Waals surface area contributed by atoms with Crippen LogP contribution in [-0.2, 0) is 4.74 Å². The van der Waals surface area contributed by atoms with Crippen molar-refractivity contribution in [3.8, 4) is 0 Å². The van der Waals surface area contributed by atoms with Crippen molar-refractivity contribution < 1.29 is 19.7 Å². The van der Waals surface area contributed by atoms with E-state index in [9.17, 15) is 15.0 Å². The van der Waals surface area contributed by atoms with Crippen LogP contribution in [0.4, 0.5) is 0 Å². The van der Waals surface area contributed by atoms with E-state index in [1.807, 2.05) is 0 Å². The summed E-state index contributed by atoms with van der Waals surface area (Å²) in [5.41, 5.74) is 6.74. The molecule has 2 unspecified atom stereocenters. The van der Waals surface area contributed by atoms with Gasteiger partial charge in [-0.25, -0.2) is 4.79 Å². The average Bonchev–Trinajstić information content (AvgIpc) is 2.91. The molecular formula is C13H16N2O4. The van der Waals surface area contributed by atoms with Gasteiger partial charge in [0.2, 0.25) is 0 Å². The first kappa shape index (κ1) is 13.5. The van der Waals surface area contributed by atoms with Crippen LogP contribution in [0.25, 0.3) is 10.9 Å². The number of ether oxygens (including phenoxy) is 1. The van der Waals surface area contributed by atoms with Gasteiger partial charge in [-0.3, -0.25) is 0 Å². The van der Waals surface area contributed by atoms with Gasteiger partial charge >= 0.3 is 5.97 Å². The number of aromatic nitrogens is 1. The largest absolute Gasteiger partial charge is 0.465 e. The number of aromatic amines is 1. The van der Waals surface area contributed by atoms with Crippen LogP contribution in [0, 0.1) is 0 Å². The number of nitrogens with one attached hydrogen (secondary N) is 1. The van der Waals surface area contributed by atoms with Gasteiger partial charge in [0.05, 0.1) is 18.8 Å². The van der Waals surface area contributed by atoms with E-state index in [-0.39, 0.29) is 6.54 Å². The van der Waals surface area contributed by atoms with Crippen molar-refractivity contribution in [1.29, 1.82) is 0 Å². The van der Waals surface area contributed by atoms with E-state index in [4.69, 9.17) is 10.5 Å². The molecule has 102 valence electrons. The molecule has 5 N–H and O–H groups in total. The standard InChI is InChI=1S/C13H16N2O4/c1-19-13(18)9-4-7(12(17)11(16)6-14)5-10-8(9)2-3-15-10/h2-5,11-12,15-17H,6,14H2,1H3. The van der Waals surface area contributed by atoms with Crippen LogP contribution >= 0.6 is 0 Å². The fourth-order valence-electron chi connectivity index (χ4n) is 1.99. The van der Waals surface area contributed by atoms with E-state index >= 15 is 0 Å². The maximum atomic E-state index is 11.7. The second-order valence-corrected chi connectivity index (χ2v) is 4.25. The van der Waals surface area contributed by atoms with Crippen molar-refractivity contribution in [2.24, 2.45) is 5.73 Å². The third-order valence-corrected chi connectivity index (χ3v) is 3.04. The third kappa shape index (κ3) is 2.46. The Bertz CT molecular complexity index is 593. The van der Waals surface area contributed by atoms with Crippen LogP contribution in [0.5, 0.6) is 0 Å². The van der Waals surface area contributed by atoms with Crippen LogP contribution < -0.4 is 5.73 Å². The van der Waals surface area contributed by atoms with Crippen LogP contribution in [0.3, 0.4) is 0 Å². The molecule has 2 atom stereocenters. The lowest BCUT2D eigenvalue weighted by atomic mass is 9.99. The molecule has 1 aromatic heterocycles. The second-order valence-electron chi connectivity index (χ2n) is 4.25. The Kier molecular flexibility index (Phi) is 3.84. The zero-order valence-corrected chi connectivity index (χ0v) is 10.5. The zero-order valence-electron chi connectivity index (χ0n) is 10.5. The third-order valence-electron chi connectivity index (χ3n) is 3.04. The minimum atomic E-state index is -1.15. The van der Waals surface area contributed by atoms with Crippen molar-refractivity contribution in [1.82, 2.24) is 4.98 Å². The number of methoxy groups -OCH3 is 1. The van der Waals surface area contributed by atoms with E-state index in [1.165, 1.54) is 13.2 Å². The Morgan fingerprint density at radius 2 is 2.21 bits per heavy atom. The Morgan fingerprint density at radius 1 is 1.47 bits per heavy atom. The number of hydrogen-bond acceptors (Lipinski definition) is 5. The zero-order chi connectivity index (χ0) is 14.0. The van der Waals surface area contributed by atoms with Gasteiger partial charge in [0.15, 0.2) is 0 Å².